The average Bonchev–Trinajstić information content (AvgIpc) is 2.37. The molecular weight excluding hydrogens is 332 g/mol. The van der Waals surface area contributed by atoms with Crippen molar-refractivity contribution in [1.29, 1.82) is 0 Å². The number of amides is 2. The zero-order chi connectivity index (χ0) is 14.5. The van der Waals surface area contributed by atoms with Crippen LogP contribution in [0.15, 0.2) is 46.9 Å². The van der Waals surface area contributed by atoms with Gasteiger partial charge in [-0.05, 0) is 52.3 Å². The zero-order valence-electron chi connectivity index (χ0n) is 10.1. The van der Waals surface area contributed by atoms with Gasteiger partial charge in [0.05, 0.1) is 5.69 Å². The highest BCUT2D eigenvalue weighted by atomic mass is 79.9. The molecule has 0 aliphatic carbocycles. The predicted octanol–water partition coefficient (Wildman–Crippen LogP) is 3.88. The van der Waals surface area contributed by atoms with Gasteiger partial charge in [-0.3, -0.25) is 10.9 Å². The van der Waals surface area contributed by atoms with E-state index in [9.17, 15) is 13.6 Å². The number of anilines is 2. The highest BCUT2D eigenvalue weighted by molar-refractivity contribution is 9.10. The summed E-state index contributed by atoms with van der Waals surface area (Å²) in [5.41, 5.74) is 5.77. The van der Waals surface area contributed by atoms with E-state index in [-0.39, 0.29) is 0 Å². The summed E-state index contributed by atoms with van der Waals surface area (Å²) < 4.78 is 26.3. The van der Waals surface area contributed by atoms with Crippen LogP contribution in [0.1, 0.15) is 0 Å². The Bertz CT molecular complexity index is 637. The van der Waals surface area contributed by atoms with Crippen molar-refractivity contribution in [2.75, 3.05) is 10.7 Å². The van der Waals surface area contributed by atoms with Gasteiger partial charge in [0.25, 0.3) is 0 Å². The molecule has 0 radical (unpaired) electrons. The second-order valence-electron chi connectivity index (χ2n) is 3.84. The van der Waals surface area contributed by atoms with E-state index in [1.54, 1.807) is 6.07 Å². The lowest BCUT2D eigenvalue weighted by atomic mass is 10.3. The Labute approximate surface area is 122 Å². The Morgan fingerprint density at radius 3 is 2.50 bits per heavy atom. The summed E-state index contributed by atoms with van der Waals surface area (Å²) in [6.07, 6.45) is 0. The van der Waals surface area contributed by atoms with E-state index in [0.29, 0.717) is 15.8 Å². The van der Waals surface area contributed by atoms with E-state index >= 15 is 0 Å². The van der Waals surface area contributed by atoms with Crippen LogP contribution in [0.25, 0.3) is 0 Å². The van der Waals surface area contributed by atoms with Gasteiger partial charge in [-0.25, -0.2) is 13.6 Å². The lowest BCUT2D eigenvalue weighted by Gasteiger charge is -2.11. The third kappa shape index (κ3) is 3.92. The Balaban J connectivity index is 1.92. The molecule has 0 bridgehead atoms. The van der Waals surface area contributed by atoms with Crippen LogP contribution in [-0.4, -0.2) is 6.03 Å². The third-order valence-corrected chi connectivity index (χ3v) is 2.98. The van der Waals surface area contributed by atoms with Gasteiger partial charge < -0.3 is 5.32 Å². The normalized spacial score (nSPS) is 9.95. The summed E-state index contributed by atoms with van der Waals surface area (Å²) in [6.45, 7) is 0. The van der Waals surface area contributed by atoms with Crippen LogP contribution in [0.5, 0.6) is 0 Å². The van der Waals surface area contributed by atoms with Gasteiger partial charge >= 0.3 is 6.03 Å². The van der Waals surface area contributed by atoms with Gasteiger partial charge in [0.15, 0.2) is 0 Å². The molecule has 3 N–H and O–H groups in total. The minimum absolute atomic E-state index is 0.322. The maximum Gasteiger partial charge on any atom is 0.337 e. The zero-order valence-corrected chi connectivity index (χ0v) is 11.7. The Morgan fingerprint density at radius 1 is 1.05 bits per heavy atom. The number of hydrazine groups is 1. The highest BCUT2D eigenvalue weighted by Gasteiger charge is 2.04. The fourth-order valence-corrected chi connectivity index (χ4v) is 1.89. The average molecular weight is 342 g/mol. The molecule has 4 nitrogen and oxygen atoms in total. The van der Waals surface area contributed by atoms with Crippen molar-refractivity contribution in [3.63, 3.8) is 0 Å². The molecule has 2 amide bonds. The molecule has 0 aliphatic heterocycles. The Kier molecular flexibility index (Phi) is 4.52. The molecule has 2 rings (SSSR count). The number of carbonyl (C=O) groups is 1. The summed E-state index contributed by atoms with van der Waals surface area (Å²) in [5.74, 6) is -0.844. The van der Waals surface area contributed by atoms with E-state index in [1.165, 1.54) is 36.4 Å². The summed E-state index contributed by atoms with van der Waals surface area (Å²) in [6, 6.07) is 8.89. The number of halogens is 3. The molecule has 0 aliphatic rings. The molecule has 0 saturated heterocycles. The van der Waals surface area contributed by atoms with Crippen LogP contribution >= 0.6 is 15.9 Å². The minimum atomic E-state index is -0.577. The van der Waals surface area contributed by atoms with Crippen LogP contribution in [0.2, 0.25) is 0 Å². The van der Waals surface area contributed by atoms with Crippen molar-refractivity contribution >= 4 is 33.3 Å². The van der Waals surface area contributed by atoms with E-state index in [2.05, 4.69) is 32.1 Å². The van der Waals surface area contributed by atoms with E-state index < -0.39 is 17.7 Å². The molecule has 20 heavy (non-hydrogen) atoms. The lowest BCUT2D eigenvalue weighted by Crippen LogP contribution is -2.33. The maximum absolute atomic E-state index is 12.9. The molecule has 0 saturated carbocycles. The van der Waals surface area contributed by atoms with Gasteiger partial charge in [-0.1, -0.05) is 6.07 Å². The number of carbonyl (C=O) groups excluding carboxylic acids is 1. The summed E-state index contributed by atoms with van der Waals surface area (Å²) >= 11 is 3.15. The van der Waals surface area contributed by atoms with Crippen LogP contribution in [0.4, 0.5) is 25.0 Å². The number of rotatable bonds is 3. The Hall–Kier alpha value is -2.15. The molecule has 2 aromatic rings. The molecule has 0 unspecified atom stereocenters. The quantitative estimate of drug-likeness (QED) is 0.742. The fraction of sp³-hybridized carbons (Fsp3) is 0. The van der Waals surface area contributed by atoms with Crippen LogP contribution in [-0.2, 0) is 0 Å². The molecule has 2 aromatic carbocycles. The number of hydrogen-bond donors (Lipinski definition) is 3. The van der Waals surface area contributed by atoms with Crippen molar-refractivity contribution in [2.45, 2.75) is 0 Å². The molecule has 0 spiro atoms. The highest BCUT2D eigenvalue weighted by Crippen LogP contribution is 2.22. The molecule has 0 aromatic heterocycles. The molecule has 0 atom stereocenters. The van der Waals surface area contributed by atoms with Crippen LogP contribution in [0.3, 0.4) is 0 Å². The smallest absolute Gasteiger partial charge is 0.306 e. The SMILES string of the molecule is O=C(NNc1ccc(F)cc1Br)Nc1cccc(F)c1. The van der Waals surface area contributed by atoms with Crippen molar-refractivity contribution < 1.29 is 13.6 Å². The first-order chi connectivity index (χ1) is 9.54. The predicted molar refractivity (Wildman–Crippen MR) is 76.3 cm³/mol. The van der Waals surface area contributed by atoms with Crippen molar-refractivity contribution in [3.8, 4) is 0 Å². The standard InChI is InChI=1S/C13H10BrF2N3O/c14-11-7-9(16)4-5-12(11)18-19-13(20)17-10-3-1-2-8(15)6-10/h1-7,18H,(H2,17,19,20). The minimum Gasteiger partial charge on any atom is -0.306 e. The van der Waals surface area contributed by atoms with Gasteiger partial charge in [-0.2, -0.15) is 0 Å². The summed E-state index contributed by atoms with van der Waals surface area (Å²) in [4.78, 5) is 11.6. The van der Waals surface area contributed by atoms with E-state index in [1.807, 2.05) is 0 Å². The van der Waals surface area contributed by atoms with Crippen LogP contribution in [0, 0.1) is 11.6 Å². The summed E-state index contributed by atoms with van der Waals surface area (Å²) in [7, 11) is 0. The summed E-state index contributed by atoms with van der Waals surface area (Å²) in [5, 5.41) is 2.44. The fourth-order valence-electron chi connectivity index (χ4n) is 1.44. The van der Waals surface area contributed by atoms with E-state index in [0.717, 1.165) is 0 Å². The molecule has 104 valence electrons. The van der Waals surface area contributed by atoms with Gasteiger partial charge in [-0.15, -0.1) is 0 Å². The first-order valence-electron chi connectivity index (χ1n) is 5.58. The second kappa shape index (κ2) is 6.33. The third-order valence-electron chi connectivity index (χ3n) is 2.32. The number of hydrogen-bond acceptors (Lipinski definition) is 2. The molecular formula is C13H10BrF2N3O. The maximum atomic E-state index is 12.9. The lowest BCUT2D eigenvalue weighted by molar-refractivity contribution is 0.254. The van der Waals surface area contributed by atoms with Crippen LogP contribution < -0.4 is 16.2 Å². The number of benzene rings is 2. The largest absolute Gasteiger partial charge is 0.337 e. The molecule has 7 heteroatoms. The Morgan fingerprint density at radius 2 is 1.80 bits per heavy atom. The van der Waals surface area contributed by atoms with Gasteiger partial charge in [0.1, 0.15) is 11.6 Å². The number of nitrogens with one attached hydrogen (secondary N) is 3. The number of urea groups is 1. The first-order valence-corrected chi connectivity index (χ1v) is 6.37. The van der Waals surface area contributed by atoms with Crippen molar-refractivity contribution in [1.82, 2.24) is 5.43 Å². The van der Waals surface area contributed by atoms with E-state index in [4.69, 9.17) is 0 Å². The first kappa shape index (κ1) is 14.3. The monoisotopic (exact) mass is 341 g/mol. The second-order valence-corrected chi connectivity index (χ2v) is 4.69. The van der Waals surface area contributed by atoms with Gasteiger partial charge in [0, 0.05) is 10.2 Å². The van der Waals surface area contributed by atoms with Crippen molar-refractivity contribution in [3.05, 3.63) is 58.6 Å². The topological polar surface area (TPSA) is 53.2 Å². The van der Waals surface area contributed by atoms with Crippen molar-refractivity contribution in [2.24, 2.45) is 0 Å². The van der Waals surface area contributed by atoms with Gasteiger partial charge in [0.2, 0.25) is 0 Å². The molecule has 0 fully saturated rings. The molecule has 0 heterocycles.